The average Bonchev–Trinajstić information content (AvgIpc) is 3.75. The van der Waals surface area contributed by atoms with E-state index < -0.39 is 6.10 Å². The van der Waals surface area contributed by atoms with Gasteiger partial charge >= 0.3 is 0 Å². The first-order valence-electron chi connectivity index (χ1n) is 13.9. The molecule has 208 valence electrons. The van der Waals surface area contributed by atoms with Crippen molar-refractivity contribution in [3.8, 4) is 22.8 Å². The van der Waals surface area contributed by atoms with Crippen molar-refractivity contribution in [3.63, 3.8) is 0 Å². The van der Waals surface area contributed by atoms with Crippen LogP contribution in [0.5, 0.6) is 11.5 Å². The summed E-state index contributed by atoms with van der Waals surface area (Å²) < 4.78 is 23.0. The third kappa shape index (κ3) is 6.31. The Morgan fingerprint density at radius 2 is 1.62 bits per heavy atom. The van der Waals surface area contributed by atoms with Gasteiger partial charge in [-0.3, -0.25) is 4.90 Å². The average molecular weight is 542 g/mol. The van der Waals surface area contributed by atoms with E-state index in [1.807, 2.05) is 66.7 Å². The van der Waals surface area contributed by atoms with E-state index in [9.17, 15) is 5.11 Å². The van der Waals surface area contributed by atoms with Gasteiger partial charge in [0.1, 0.15) is 5.69 Å². The van der Waals surface area contributed by atoms with Crippen LogP contribution in [0.4, 0.5) is 5.88 Å². The molecule has 0 aliphatic carbocycles. The fourth-order valence-corrected chi connectivity index (χ4v) is 5.38. The second kappa shape index (κ2) is 12.6. The number of aromatic nitrogens is 1. The SMILES string of the molecule is OC(COCc1ccccc1)CN(Cc1ccc2c(c1)OCO2)Cc1c(-c2ccccc2)noc1N1CCCC1. The molecule has 8 heteroatoms. The molecule has 1 N–H and O–H groups in total. The standard InChI is InChI=1S/C32H35N3O5/c36-27(22-37-21-24-9-3-1-4-10-24)19-34(18-25-13-14-29-30(17-25)39-23-38-29)20-28-31(26-11-5-2-6-12-26)33-40-32(28)35-15-7-8-16-35/h1-6,9-14,17,27,36H,7-8,15-16,18-23H2. The number of fused-ring (bicyclic) bond motifs is 1. The van der Waals surface area contributed by atoms with Crippen molar-refractivity contribution in [1.29, 1.82) is 0 Å². The zero-order chi connectivity index (χ0) is 27.1. The predicted octanol–water partition coefficient (Wildman–Crippen LogP) is 5.25. The van der Waals surface area contributed by atoms with Gasteiger partial charge in [0.15, 0.2) is 11.5 Å². The van der Waals surface area contributed by atoms with Crippen LogP contribution >= 0.6 is 0 Å². The van der Waals surface area contributed by atoms with Gasteiger partial charge in [0.05, 0.1) is 24.9 Å². The topological polar surface area (TPSA) is 80.4 Å². The molecule has 40 heavy (non-hydrogen) atoms. The number of hydrogen-bond acceptors (Lipinski definition) is 8. The van der Waals surface area contributed by atoms with E-state index >= 15 is 0 Å². The predicted molar refractivity (Wildman–Crippen MR) is 152 cm³/mol. The Kier molecular flexibility index (Phi) is 8.28. The molecule has 1 aromatic heterocycles. The fourth-order valence-electron chi connectivity index (χ4n) is 5.38. The van der Waals surface area contributed by atoms with E-state index in [1.54, 1.807) is 0 Å². The van der Waals surface area contributed by atoms with Crippen molar-refractivity contribution in [2.24, 2.45) is 0 Å². The summed E-state index contributed by atoms with van der Waals surface area (Å²) in [6, 6.07) is 26.2. The highest BCUT2D eigenvalue weighted by molar-refractivity contribution is 5.68. The number of ether oxygens (including phenoxy) is 3. The van der Waals surface area contributed by atoms with Crippen LogP contribution < -0.4 is 14.4 Å². The van der Waals surface area contributed by atoms with Crippen molar-refractivity contribution in [3.05, 3.63) is 95.6 Å². The summed E-state index contributed by atoms with van der Waals surface area (Å²) in [7, 11) is 0. The summed E-state index contributed by atoms with van der Waals surface area (Å²) in [5, 5.41) is 15.6. The van der Waals surface area contributed by atoms with Crippen LogP contribution in [0.25, 0.3) is 11.3 Å². The molecule has 1 unspecified atom stereocenters. The number of nitrogens with zero attached hydrogens (tertiary/aromatic N) is 3. The highest BCUT2D eigenvalue weighted by Gasteiger charge is 2.27. The summed E-state index contributed by atoms with van der Waals surface area (Å²) >= 11 is 0. The summed E-state index contributed by atoms with van der Waals surface area (Å²) in [4.78, 5) is 4.51. The molecule has 8 nitrogen and oxygen atoms in total. The zero-order valence-corrected chi connectivity index (χ0v) is 22.6. The first kappa shape index (κ1) is 26.4. The Labute approximate surface area is 234 Å². The van der Waals surface area contributed by atoms with Gasteiger partial charge in [0.2, 0.25) is 12.7 Å². The summed E-state index contributed by atoms with van der Waals surface area (Å²) in [5.41, 5.74) is 5.04. The molecular weight excluding hydrogens is 506 g/mol. The van der Waals surface area contributed by atoms with E-state index in [0.29, 0.717) is 26.2 Å². The molecule has 0 bridgehead atoms. The Hall–Kier alpha value is -3.85. The van der Waals surface area contributed by atoms with Crippen molar-refractivity contribution in [2.45, 2.75) is 38.6 Å². The first-order chi connectivity index (χ1) is 19.7. The summed E-state index contributed by atoms with van der Waals surface area (Å²) in [5.74, 6) is 2.32. The molecular formula is C32H35N3O5. The lowest BCUT2D eigenvalue weighted by atomic mass is 10.1. The van der Waals surface area contributed by atoms with Crippen LogP contribution in [0.2, 0.25) is 0 Å². The molecule has 0 saturated carbocycles. The molecule has 2 aliphatic heterocycles. The van der Waals surface area contributed by atoms with Crippen LogP contribution in [-0.4, -0.2) is 54.3 Å². The van der Waals surface area contributed by atoms with E-state index in [4.69, 9.17) is 18.7 Å². The van der Waals surface area contributed by atoms with Crippen molar-refractivity contribution < 1.29 is 23.8 Å². The molecule has 3 heterocycles. The van der Waals surface area contributed by atoms with E-state index in [-0.39, 0.29) is 13.4 Å². The zero-order valence-electron chi connectivity index (χ0n) is 22.6. The Morgan fingerprint density at radius 1 is 0.875 bits per heavy atom. The Bertz CT molecular complexity index is 1370. The van der Waals surface area contributed by atoms with E-state index in [0.717, 1.165) is 71.3 Å². The normalized spacial score (nSPS) is 15.2. The Balaban J connectivity index is 1.24. The van der Waals surface area contributed by atoms with Gasteiger partial charge in [-0.1, -0.05) is 71.9 Å². The highest BCUT2D eigenvalue weighted by atomic mass is 16.7. The minimum Gasteiger partial charge on any atom is -0.454 e. The second-order valence-electron chi connectivity index (χ2n) is 10.4. The lowest BCUT2D eigenvalue weighted by molar-refractivity contribution is 0.00714. The third-order valence-corrected chi connectivity index (χ3v) is 7.32. The molecule has 2 aliphatic rings. The molecule has 1 atom stereocenters. The molecule has 6 rings (SSSR count). The maximum absolute atomic E-state index is 11.1. The second-order valence-corrected chi connectivity index (χ2v) is 10.4. The molecule has 0 amide bonds. The smallest absolute Gasteiger partial charge is 0.232 e. The monoisotopic (exact) mass is 541 g/mol. The molecule has 1 fully saturated rings. The molecule has 0 spiro atoms. The van der Waals surface area contributed by atoms with E-state index in [2.05, 4.69) is 27.1 Å². The van der Waals surface area contributed by atoms with Gasteiger partial charge in [-0.05, 0) is 36.1 Å². The fraction of sp³-hybridized carbons (Fsp3) is 0.344. The first-order valence-corrected chi connectivity index (χ1v) is 13.9. The number of benzene rings is 3. The number of aliphatic hydroxyl groups is 1. The van der Waals surface area contributed by atoms with Gasteiger partial charge in [0, 0.05) is 38.3 Å². The van der Waals surface area contributed by atoms with Gasteiger partial charge in [0.25, 0.3) is 0 Å². The van der Waals surface area contributed by atoms with Crippen LogP contribution in [0, 0.1) is 0 Å². The van der Waals surface area contributed by atoms with Crippen LogP contribution in [-0.2, 0) is 24.4 Å². The largest absolute Gasteiger partial charge is 0.454 e. The lowest BCUT2D eigenvalue weighted by Crippen LogP contribution is -2.34. The van der Waals surface area contributed by atoms with Crippen molar-refractivity contribution in [2.75, 3.05) is 37.9 Å². The van der Waals surface area contributed by atoms with Crippen LogP contribution in [0.15, 0.2) is 83.4 Å². The number of rotatable bonds is 12. The quantitative estimate of drug-likeness (QED) is 0.261. The van der Waals surface area contributed by atoms with Crippen molar-refractivity contribution >= 4 is 5.88 Å². The van der Waals surface area contributed by atoms with Crippen molar-refractivity contribution in [1.82, 2.24) is 10.1 Å². The molecule has 3 aromatic carbocycles. The third-order valence-electron chi connectivity index (χ3n) is 7.32. The Morgan fingerprint density at radius 3 is 2.42 bits per heavy atom. The van der Waals surface area contributed by atoms with Gasteiger partial charge in [-0.15, -0.1) is 0 Å². The number of hydrogen-bond donors (Lipinski definition) is 1. The number of anilines is 1. The highest BCUT2D eigenvalue weighted by Crippen LogP contribution is 2.36. The molecule has 4 aromatic rings. The van der Waals surface area contributed by atoms with E-state index in [1.165, 1.54) is 0 Å². The maximum atomic E-state index is 11.1. The van der Waals surface area contributed by atoms with Gasteiger partial charge in [-0.2, -0.15) is 0 Å². The van der Waals surface area contributed by atoms with Gasteiger partial charge < -0.3 is 28.7 Å². The van der Waals surface area contributed by atoms with Crippen LogP contribution in [0.1, 0.15) is 29.5 Å². The van der Waals surface area contributed by atoms with Crippen LogP contribution in [0.3, 0.4) is 0 Å². The molecule has 1 saturated heterocycles. The summed E-state index contributed by atoms with van der Waals surface area (Å²) in [6.07, 6.45) is 1.60. The number of aliphatic hydroxyl groups excluding tert-OH is 1. The maximum Gasteiger partial charge on any atom is 0.232 e. The minimum absolute atomic E-state index is 0.236. The van der Waals surface area contributed by atoms with Gasteiger partial charge in [-0.25, -0.2) is 0 Å². The molecule has 0 radical (unpaired) electrons. The summed E-state index contributed by atoms with van der Waals surface area (Å²) in [6.45, 7) is 4.42. The lowest BCUT2D eigenvalue weighted by Gasteiger charge is -2.26. The minimum atomic E-state index is -0.673.